The van der Waals surface area contributed by atoms with Gasteiger partial charge >= 0.3 is 0 Å². The zero-order valence-corrected chi connectivity index (χ0v) is 26.8. The maximum Gasteiger partial charge on any atom is 0.0569 e. The van der Waals surface area contributed by atoms with Crippen molar-refractivity contribution in [3.8, 4) is 22.3 Å². The van der Waals surface area contributed by atoms with E-state index in [-0.39, 0.29) is 0 Å². The normalized spacial score (nSPS) is 11.4. The fourth-order valence-electron chi connectivity index (χ4n) is 7.39. The summed E-state index contributed by atoms with van der Waals surface area (Å²) in [5, 5.41) is 10.2. The van der Waals surface area contributed by atoms with Crippen molar-refractivity contribution >= 4 is 60.2 Å². The highest BCUT2D eigenvalue weighted by Crippen LogP contribution is 2.43. The molecule has 0 amide bonds. The zero-order valence-electron chi connectivity index (χ0n) is 26.8. The molecule has 0 aromatic heterocycles. The molecular weight excluding hydrogens is 579 g/mol. The highest BCUT2D eigenvalue weighted by atomic mass is 15.1. The van der Waals surface area contributed by atoms with Crippen molar-refractivity contribution in [1.82, 2.24) is 0 Å². The predicted octanol–water partition coefficient (Wildman–Crippen LogP) is 13.4. The molecule has 0 radical (unpaired) electrons. The van der Waals surface area contributed by atoms with Crippen molar-refractivity contribution in [2.24, 2.45) is 0 Å². The molecule has 0 aliphatic carbocycles. The van der Waals surface area contributed by atoms with E-state index in [1.165, 1.54) is 76.6 Å². The molecular formula is C47H33N. The maximum atomic E-state index is 2.41. The lowest BCUT2D eigenvalue weighted by Gasteiger charge is -2.29. The number of fused-ring (bicyclic) bond motifs is 7. The first kappa shape index (κ1) is 28.1. The van der Waals surface area contributed by atoms with Gasteiger partial charge in [-0.1, -0.05) is 152 Å². The van der Waals surface area contributed by atoms with E-state index in [2.05, 4.69) is 194 Å². The first-order valence-electron chi connectivity index (χ1n) is 16.6. The molecule has 0 fully saturated rings. The highest BCUT2D eigenvalue weighted by Gasteiger charge is 2.18. The molecule has 9 aromatic carbocycles. The Balaban J connectivity index is 1.18. The van der Waals surface area contributed by atoms with Gasteiger partial charge in [-0.2, -0.15) is 0 Å². The molecule has 0 bridgehead atoms. The molecule has 1 nitrogen and oxygen atoms in total. The van der Waals surface area contributed by atoms with Crippen LogP contribution in [0.15, 0.2) is 182 Å². The Hall–Kier alpha value is -6.18. The van der Waals surface area contributed by atoms with E-state index in [4.69, 9.17) is 0 Å². The Kier molecular flexibility index (Phi) is 6.76. The third kappa shape index (κ3) is 4.71. The third-order valence-electron chi connectivity index (χ3n) is 9.76. The molecule has 0 spiro atoms. The average Bonchev–Trinajstić information content (AvgIpc) is 3.16. The Labute approximate surface area is 281 Å². The standard InChI is InChI=1S/C47H33N/c1-32-19-20-36-13-5-6-14-40(36)47(32)48(38-26-21-34(22-27-38)33-11-3-2-4-12-33)39-28-23-35(24-29-39)37-25-30-45-43-17-8-7-15-41(43)42-16-9-10-18-44(42)46(45)31-37/h2-31H,1H3. The van der Waals surface area contributed by atoms with E-state index in [1.807, 2.05) is 0 Å². The maximum absolute atomic E-state index is 2.41. The van der Waals surface area contributed by atoms with Gasteiger partial charge in [-0.3, -0.25) is 0 Å². The Bertz CT molecular complexity index is 2560. The van der Waals surface area contributed by atoms with Gasteiger partial charge in [0, 0.05) is 16.8 Å². The van der Waals surface area contributed by atoms with E-state index in [1.54, 1.807) is 0 Å². The molecule has 0 saturated carbocycles. The van der Waals surface area contributed by atoms with Gasteiger partial charge in [0.2, 0.25) is 0 Å². The van der Waals surface area contributed by atoms with Crippen LogP contribution in [0.3, 0.4) is 0 Å². The van der Waals surface area contributed by atoms with E-state index >= 15 is 0 Å². The summed E-state index contributed by atoms with van der Waals surface area (Å²) in [4.78, 5) is 2.41. The highest BCUT2D eigenvalue weighted by molar-refractivity contribution is 6.25. The van der Waals surface area contributed by atoms with Gasteiger partial charge < -0.3 is 4.90 Å². The van der Waals surface area contributed by atoms with Crippen LogP contribution in [-0.4, -0.2) is 0 Å². The predicted molar refractivity (Wildman–Crippen MR) is 207 cm³/mol. The van der Waals surface area contributed by atoms with Crippen LogP contribution in [-0.2, 0) is 0 Å². The number of hydrogen-bond donors (Lipinski definition) is 0. The van der Waals surface area contributed by atoms with Crippen LogP contribution in [0.1, 0.15) is 5.56 Å². The smallest absolute Gasteiger partial charge is 0.0569 e. The van der Waals surface area contributed by atoms with Crippen LogP contribution in [0, 0.1) is 6.92 Å². The molecule has 0 N–H and O–H groups in total. The van der Waals surface area contributed by atoms with Gasteiger partial charge in [0.15, 0.2) is 0 Å². The largest absolute Gasteiger partial charge is 0.310 e. The second-order valence-corrected chi connectivity index (χ2v) is 12.6. The van der Waals surface area contributed by atoms with E-state index in [0.29, 0.717) is 0 Å². The zero-order chi connectivity index (χ0) is 32.0. The summed E-state index contributed by atoms with van der Waals surface area (Å²) in [7, 11) is 0. The van der Waals surface area contributed by atoms with Gasteiger partial charge in [0.25, 0.3) is 0 Å². The minimum absolute atomic E-state index is 1.13. The van der Waals surface area contributed by atoms with Gasteiger partial charge in [-0.15, -0.1) is 0 Å². The molecule has 0 aliphatic heterocycles. The minimum Gasteiger partial charge on any atom is -0.310 e. The molecule has 226 valence electrons. The van der Waals surface area contributed by atoms with E-state index in [0.717, 1.165) is 11.4 Å². The molecule has 48 heavy (non-hydrogen) atoms. The Morgan fingerprint density at radius 3 is 1.35 bits per heavy atom. The van der Waals surface area contributed by atoms with Crippen molar-refractivity contribution < 1.29 is 0 Å². The number of anilines is 3. The fraction of sp³-hybridized carbons (Fsp3) is 0.0213. The molecule has 0 atom stereocenters. The van der Waals surface area contributed by atoms with Crippen LogP contribution in [0.2, 0.25) is 0 Å². The Morgan fingerprint density at radius 2 is 0.750 bits per heavy atom. The summed E-state index contributed by atoms with van der Waals surface area (Å²) in [6, 6.07) is 66.2. The lowest BCUT2D eigenvalue weighted by Crippen LogP contribution is -2.12. The van der Waals surface area contributed by atoms with Gasteiger partial charge in [0.05, 0.1) is 5.69 Å². The first-order valence-corrected chi connectivity index (χ1v) is 16.6. The lowest BCUT2D eigenvalue weighted by atomic mass is 9.92. The number of nitrogens with zero attached hydrogens (tertiary/aromatic N) is 1. The summed E-state index contributed by atoms with van der Waals surface area (Å²) in [6.45, 7) is 2.21. The van der Waals surface area contributed by atoms with Crippen LogP contribution in [0.5, 0.6) is 0 Å². The minimum atomic E-state index is 1.13. The van der Waals surface area contributed by atoms with Crippen LogP contribution in [0.25, 0.3) is 65.3 Å². The number of hydrogen-bond acceptors (Lipinski definition) is 1. The van der Waals surface area contributed by atoms with Crippen molar-refractivity contribution in [3.63, 3.8) is 0 Å². The van der Waals surface area contributed by atoms with Gasteiger partial charge in [-0.05, 0) is 103 Å². The number of rotatable bonds is 5. The lowest BCUT2D eigenvalue weighted by molar-refractivity contribution is 1.27. The monoisotopic (exact) mass is 611 g/mol. The first-order chi connectivity index (χ1) is 23.7. The molecule has 0 aliphatic rings. The third-order valence-corrected chi connectivity index (χ3v) is 9.76. The summed E-state index contributed by atoms with van der Waals surface area (Å²) >= 11 is 0. The average molecular weight is 612 g/mol. The van der Waals surface area contributed by atoms with Gasteiger partial charge in [-0.25, -0.2) is 0 Å². The molecule has 0 saturated heterocycles. The molecule has 0 heterocycles. The number of benzene rings is 9. The second kappa shape index (κ2) is 11.6. The summed E-state index contributed by atoms with van der Waals surface area (Å²) in [6.07, 6.45) is 0. The molecule has 0 unspecified atom stereocenters. The quantitative estimate of drug-likeness (QED) is 0.175. The SMILES string of the molecule is Cc1ccc2ccccc2c1N(c1ccc(-c2ccccc2)cc1)c1ccc(-c2ccc3c4ccccc4c4ccccc4c3c2)cc1. The fourth-order valence-corrected chi connectivity index (χ4v) is 7.39. The summed E-state index contributed by atoms with van der Waals surface area (Å²) in [5.74, 6) is 0. The van der Waals surface area contributed by atoms with Crippen molar-refractivity contribution in [3.05, 3.63) is 188 Å². The molecule has 1 heteroatoms. The van der Waals surface area contributed by atoms with Gasteiger partial charge in [0.1, 0.15) is 0 Å². The Morgan fingerprint density at radius 1 is 0.312 bits per heavy atom. The van der Waals surface area contributed by atoms with Crippen LogP contribution >= 0.6 is 0 Å². The summed E-state index contributed by atoms with van der Waals surface area (Å²) in [5.41, 5.74) is 9.55. The summed E-state index contributed by atoms with van der Waals surface area (Å²) < 4.78 is 0. The topological polar surface area (TPSA) is 3.24 Å². The number of aryl methyl sites for hydroxylation is 1. The molecule has 9 aromatic rings. The van der Waals surface area contributed by atoms with Crippen molar-refractivity contribution in [2.45, 2.75) is 6.92 Å². The van der Waals surface area contributed by atoms with Crippen LogP contribution in [0.4, 0.5) is 17.1 Å². The van der Waals surface area contributed by atoms with Crippen molar-refractivity contribution in [1.29, 1.82) is 0 Å². The van der Waals surface area contributed by atoms with E-state index < -0.39 is 0 Å². The van der Waals surface area contributed by atoms with Crippen molar-refractivity contribution in [2.75, 3.05) is 4.90 Å². The van der Waals surface area contributed by atoms with E-state index in [9.17, 15) is 0 Å². The second-order valence-electron chi connectivity index (χ2n) is 12.6. The molecule has 9 rings (SSSR count). The van der Waals surface area contributed by atoms with Crippen LogP contribution < -0.4 is 4.90 Å².